The average molecular weight is 356 g/mol. The van der Waals surface area contributed by atoms with Gasteiger partial charge in [0.25, 0.3) is 5.91 Å². The molecule has 0 aliphatic carbocycles. The molecule has 1 saturated heterocycles. The quantitative estimate of drug-likeness (QED) is 0.879. The van der Waals surface area contributed by atoms with Gasteiger partial charge >= 0.3 is 5.97 Å². The fraction of sp³-hybridized carbons (Fsp3) is 0.450. The van der Waals surface area contributed by atoms with Crippen molar-refractivity contribution in [1.82, 2.24) is 9.88 Å². The second-order valence-electron chi connectivity index (χ2n) is 7.07. The molecule has 0 radical (unpaired) electrons. The number of aryl methyl sites for hydroxylation is 1. The fourth-order valence-corrected chi connectivity index (χ4v) is 3.92. The van der Waals surface area contributed by atoms with Gasteiger partial charge in [0.2, 0.25) is 0 Å². The molecule has 1 amide bonds. The van der Waals surface area contributed by atoms with Crippen molar-refractivity contribution in [3.8, 4) is 0 Å². The third kappa shape index (κ3) is 3.05. The van der Waals surface area contributed by atoms with E-state index in [9.17, 15) is 19.8 Å². The molecule has 2 aromatic rings. The summed E-state index contributed by atoms with van der Waals surface area (Å²) >= 11 is 0. The molecule has 2 heterocycles. The molecule has 26 heavy (non-hydrogen) atoms. The van der Waals surface area contributed by atoms with Crippen LogP contribution in [0.15, 0.2) is 30.3 Å². The Morgan fingerprint density at radius 1 is 1.35 bits per heavy atom. The number of benzene rings is 1. The van der Waals surface area contributed by atoms with E-state index in [1.54, 1.807) is 11.0 Å². The number of carbonyl (C=O) groups is 2. The first-order chi connectivity index (χ1) is 12.4. The molecule has 1 fully saturated rings. The monoisotopic (exact) mass is 356 g/mol. The summed E-state index contributed by atoms with van der Waals surface area (Å²) in [6.45, 7) is 4.08. The van der Waals surface area contributed by atoms with Crippen molar-refractivity contribution in [1.29, 1.82) is 0 Å². The fourth-order valence-electron chi connectivity index (χ4n) is 3.92. The van der Waals surface area contributed by atoms with E-state index in [-0.39, 0.29) is 18.9 Å². The summed E-state index contributed by atoms with van der Waals surface area (Å²) < 4.78 is 0. The summed E-state index contributed by atoms with van der Waals surface area (Å²) in [5.74, 6) is -1.25. The lowest BCUT2D eigenvalue weighted by atomic mass is 9.74. The minimum atomic E-state index is -1.31. The molecular weight excluding hydrogens is 332 g/mol. The number of likely N-dealkylation sites (tertiary alicyclic amines) is 1. The highest BCUT2D eigenvalue weighted by atomic mass is 16.4. The van der Waals surface area contributed by atoms with Gasteiger partial charge in [0.1, 0.15) is 5.41 Å². The van der Waals surface area contributed by atoms with E-state index in [2.05, 4.69) is 4.98 Å². The number of carboxylic acid groups (broad SMARTS) is 1. The molecule has 1 aromatic carbocycles. The lowest BCUT2D eigenvalue weighted by Crippen LogP contribution is -2.57. The Labute approximate surface area is 152 Å². The van der Waals surface area contributed by atoms with Gasteiger partial charge in [0.15, 0.2) is 0 Å². The number of aliphatic hydroxyl groups is 1. The normalized spacial score (nSPS) is 23.2. The second kappa shape index (κ2) is 7.03. The maximum absolute atomic E-state index is 13.2. The molecule has 1 aliphatic heterocycles. The van der Waals surface area contributed by atoms with Crippen LogP contribution in [0, 0.1) is 12.3 Å². The molecule has 0 bridgehead atoms. The second-order valence-corrected chi connectivity index (χ2v) is 7.07. The summed E-state index contributed by atoms with van der Waals surface area (Å²) in [5, 5.41) is 20.9. The van der Waals surface area contributed by atoms with Crippen molar-refractivity contribution in [3.05, 3.63) is 41.6 Å². The van der Waals surface area contributed by atoms with Gasteiger partial charge in [-0.05, 0) is 31.9 Å². The first-order valence-electron chi connectivity index (χ1n) is 8.96. The SMILES string of the molecule is CCC[C@@]1(C(=O)O)CN(C(=O)c2cc(C)nc3ccccc23)CC[C@@H]1O. The summed E-state index contributed by atoms with van der Waals surface area (Å²) in [4.78, 5) is 31.2. The largest absolute Gasteiger partial charge is 0.481 e. The number of aliphatic carboxylic acids is 1. The summed E-state index contributed by atoms with van der Waals surface area (Å²) in [6.07, 6.45) is 0.284. The van der Waals surface area contributed by atoms with Crippen molar-refractivity contribution in [2.24, 2.45) is 5.41 Å². The molecule has 2 N–H and O–H groups in total. The standard InChI is InChI=1S/C20H24N2O4/c1-3-9-20(19(25)26)12-22(10-8-17(20)23)18(24)15-11-13(2)21-16-7-5-4-6-14(15)16/h4-7,11,17,23H,3,8-10,12H2,1-2H3,(H,25,26)/t17-,20+/m0/s1. The molecule has 6 nitrogen and oxygen atoms in total. The number of aromatic nitrogens is 1. The molecule has 0 spiro atoms. The van der Waals surface area contributed by atoms with Crippen LogP contribution in [0.1, 0.15) is 42.2 Å². The minimum absolute atomic E-state index is 0.0197. The number of fused-ring (bicyclic) bond motifs is 1. The Balaban J connectivity index is 1.99. The van der Waals surface area contributed by atoms with Crippen LogP contribution >= 0.6 is 0 Å². The van der Waals surface area contributed by atoms with Crippen molar-refractivity contribution >= 4 is 22.8 Å². The van der Waals surface area contributed by atoms with Crippen molar-refractivity contribution in [2.75, 3.05) is 13.1 Å². The van der Waals surface area contributed by atoms with Gasteiger partial charge in [-0.25, -0.2) is 0 Å². The highest BCUT2D eigenvalue weighted by molar-refractivity contribution is 6.06. The van der Waals surface area contributed by atoms with Crippen LogP contribution in [0.3, 0.4) is 0 Å². The maximum Gasteiger partial charge on any atom is 0.314 e. The van der Waals surface area contributed by atoms with Crippen LogP contribution in [-0.2, 0) is 4.79 Å². The highest BCUT2D eigenvalue weighted by Crippen LogP contribution is 2.36. The van der Waals surface area contributed by atoms with Gasteiger partial charge in [0, 0.05) is 24.2 Å². The number of para-hydroxylation sites is 1. The molecule has 0 unspecified atom stereocenters. The number of hydrogen-bond acceptors (Lipinski definition) is 4. The van der Waals surface area contributed by atoms with Crippen molar-refractivity contribution < 1.29 is 19.8 Å². The molecule has 0 saturated carbocycles. The van der Waals surface area contributed by atoms with Crippen molar-refractivity contribution in [2.45, 2.75) is 39.2 Å². The summed E-state index contributed by atoms with van der Waals surface area (Å²) in [6, 6.07) is 9.19. The number of amides is 1. The molecule has 2 atom stereocenters. The van der Waals surface area contributed by atoms with Gasteiger partial charge < -0.3 is 15.1 Å². The lowest BCUT2D eigenvalue weighted by Gasteiger charge is -2.43. The Morgan fingerprint density at radius 3 is 2.77 bits per heavy atom. The predicted molar refractivity (Wildman–Crippen MR) is 98.0 cm³/mol. The number of pyridine rings is 1. The van der Waals surface area contributed by atoms with Crippen LogP contribution in [0.4, 0.5) is 0 Å². The Morgan fingerprint density at radius 2 is 2.08 bits per heavy atom. The smallest absolute Gasteiger partial charge is 0.314 e. The van der Waals surface area contributed by atoms with Crippen LogP contribution in [-0.4, -0.2) is 51.2 Å². The molecular formula is C20H24N2O4. The third-order valence-electron chi connectivity index (χ3n) is 5.27. The molecule has 138 valence electrons. The number of nitrogens with zero attached hydrogens (tertiary/aromatic N) is 2. The number of carbonyl (C=O) groups excluding carboxylic acids is 1. The molecule has 6 heteroatoms. The van der Waals surface area contributed by atoms with E-state index in [1.807, 2.05) is 38.1 Å². The van der Waals surface area contributed by atoms with Gasteiger partial charge in [-0.3, -0.25) is 14.6 Å². The first kappa shape index (κ1) is 18.3. The van der Waals surface area contributed by atoms with Crippen LogP contribution in [0.25, 0.3) is 10.9 Å². The zero-order valence-corrected chi connectivity index (χ0v) is 15.1. The van der Waals surface area contributed by atoms with E-state index >= 15 is 0 Å². The van der Waals surface area contributed by atoms with E-state index in [0.29, 0.717) is 24.9 Å². The van der Waals surface area contributed by atoms with Crippen LogP contribution < -0.4 is 0 Å². The zero-order chi connectivity index (χ0) is 18.9. The number of carboxylic acids is 1. The first-order valence-corrected chi connectivity index (χ1v) is 8.96. The van der Waals surface area contributed by atoms with Crippen LogP contribution in [0.5, 0.6) is 0 Å². The number of piperidine rings is 1. The van der Waals surface area contributed by atoms with Gasteiger partial charge in [-0.1, -0.05) is 31.5 Å². The number of rotatable bonds is 4. The average Bonchev–Trinajstić information content (AvgIpc) is 2.62. The number of aliphatic hydroxyl groups excluding tert-OH is 1. The van der Waals surface area contributed by atoms with E-state index in [4.69, 9.17) is 0 Å². The Hall–Kier alpha value is -2.47. The van der Waals surface area contributed by atoms with Gasteiger partial charge in [0.05, 0.1) is 17.2 Å². The molecule has 3 rings (SSSR count). The van der Waals surface area contributed by atoms with Crippen LogP contribution in [0.2, 0.25) is 0 Å². The van der Waals surface area contributed by atoms with Gasteiger partial charge in [-0.2, -0.15) is 0 Å². The summed E-state index contributed by atoms with van der Waals surface area (Å²) in [7, 11) is 0. The maximum atomic E-state index is 13.2. The Kier molecular flexibility index (Phi) is 4.96. The Bertz CT molecular complexity index is 851. The van der Waals surface area contributed by atoms with Crippen molar-refractivity contribution in [3.63, 3.8) is 0 Å². The third-order valence-corrected chi connectivity index (χ3v) is 5.27. The predicted octanol–water partition coefficient (Wildman–Crippen LogP) is 2.62. The zero-order valence-electron chi connectivity index (χ0n) is 15.1. The van der Waals surface area contributed by atoms with E-state index in [0.717, 1.165) is 16.6 Å². The summed E-state index contributed by atoms with van der Waals surface area (Å²) in [5.41, 5.74) is 0.703. The highest BCUT2D eigenvalue weighted by Gasteiger charge is 2.49. The molecule has 1 aliphatic rings. The van der Waals surface area contributed by atoms with Gasteiger partial charge in [-0.15, -0.1) is 0 Å². The molecule has 1 aromatic heterocycles. The lowest BCUT2D eigenvalue weighted by molar-refractivity contribution is -0.162. The minimum Gasteiger partial charge on any atom is -0.481 e. The van der Waals surface area contributed by atoms with E-state index in [1.165, 1.54) is 0 Å². The van der Waals surface area contributed by atoms with E-state index < -0.39 is 17.5 Å². The number of hydrogen-bond donors (Lipinski definition) is 2. The topological polar surface area (TPSA) is 90.7 Å².